The number of aromatic nitrogens is 3. The molecule has 2 aromatic carbocycles. The first-order chi connectivity index (χ1) is 14.7. The molecule has 0 saturated heterocycles. The van der Waals surface area contributed by atoms with Gasteiger partial charge in [0.2, 0.25) is 0 Å². The summed E-state index contributed by atoms with van der Waals surface area (Å²) in [5.74, 6) is 0. The second-order valence-electron chi connectivity index (χ2n) is 7.65. The van der Waals surface area contributed by atoms with Crippen LogP contribution in [0.4, 0.5) is 0 Å². The van der Waals surface area contributed by atoms with Crippen LogP contribution in [-0.2, 0) is 12.8 Å². The molecule has 0 aliphatic rings. The maximum absolute atomic E-state index is 5.04. The summed E-state index contributed by atoms with van der Waals surface area (Å²) >= 11 is 0. The first kappa shape index (κ1) is 19.8. The van der Waals surface area contributed by atoms with Gasteiger partial charge >= 0.3 is 0 Å². The van der Waals surface area contributed by atoms with Gasteiger partial charge in [0.05, 0.1) is 17.1 Å². The number of nitrogens with zero attached hydrogens (tertiary/aromatic N) is 3. The van der Waals surface area contributed by atoms with Crippen molar-refractivity contribution in [2.24, 2.45) is 0 Å². The van der Waals surface area contributed by atoms with Gasteiger partial charge in [-0.15, -0.1) is 0 Å². The Kier molecular flexibility index (Phi) is 5.89. The van der Waals surface area contributed by atoms with Gasteiger partial charge in [-0.3, -0.25) is 0 Å². The molecule has 30 heavy (non-hydrogen) atoms. The van der Waals surface area contributed by atoms with Crippen molar-refractivity contribution in [2.75, 3.05) is 0 Å². The van der Waals surface area contributed by atoms with Crippen LogP contribution in [0.5, 0.6) is 0 Å². The monoisotopic (exact) mass is 393 g/mol. The number of hydrogen-bond donors (Lipinski definition) is 0. The molecule has 2 aromatic heterocycles. The zero-order chi connectivity index (χ0) is 20.9. The Morgan fingerprint density at radius 2 is 1.63 bits per heavy atom. The summed E-state index contributed by atoms with van der Waals surface area (Å²) in [6, 6.07) is 20.9. The zero-order valence-corrected chi connectivity index (χ0v) is 17.8. The average molecular weight is 394 g/mol. The van der Waals surface area contributed by atoms with Crippen LogP contribution in [0.1, 0.15) is 36.5 Å². The van der Waals surface area contributed by atoms with Gasteiger partial charge in [-0.2, -0.15) is 0 Å². The summed E-state index contributed by atoms with van der Waals surface area (Å²) < 4.78 is 2.21. The molecule has 0 aliphatic carbocycles. The van der Waals surface area contributed by atoms with Gasteiger partial charge in [0.25, 0.3) is 0 Å². The minimum Gasteiger partial charge on any atom is -0.300 e. The van der Waals surface area contributed by atoms with Crippen LogP contribution in [0.15, 0.2) is 90.7 Å². The fourth-order valence-corrected chi connectivity index (χ4v) is 3.68. The van der Waals surface area contributed by atoms with Gasteiger partial charge in [0.15, 0.2) is 5.65 Å². The molecular formula is C27H27N3. The predicted octanol–water partition coefficient (Wildman–Crippen LogP) is 6.36. The second-order valence-corrected chi connectivity index (χ2v) is 7.65. The highest BCUT2D eigenvalue weighted by Gasteiger charge is 2.16. The van der Waals surface area contributed by atoms with Gasteiger partial charge in [0, 0.05) is 30.3 Å². The Labute approximate surface area is 178 Å². The lowest BCUT2D eigenvalue weighted by atomic mass is 10.1. The number of rotatable bonds is 6. The molecule has 0 atom stereocenters. The summed E-state index contributed by atoms with van der Waals surface area (Å²) in [7, 11) is 0. The van der Waals surface area contributed by atoms with Crippen molar-refractivity contribution in [2.45, 2.75) is 33.6 Å². The van der Waals surface area contributed by atoms with Gasteiger partial charge in [0.1, 0.15) is 0 Å². The molecule has 0 radical (unpaired) electrons. The van der Waals surface area contributed by atoms with E-state index in [0.717, 1.165) is 41.1 Å². The average Bonchev–Trinajstić information content (AvgIpc) is 3.09. The fourth-order valence-electron chi connectivity index (χ4n) is 3.68. The molecule has 4 rings (SSSR count). The zero-order valence-electron chi connectivity index (χ0n) is 17.8. The first-order valence-corrected chi connectivity index (χ1v) is 10.4. The lowest BCUT2D eigenvalue weighted by molar-refractivity contribution is 1.000. The quantitative estimate of drug-likeness (QED) is 0.357. The van der Waals surface area contributed by atoms with Crippen LogP contribution in [0.3, 0.4) is 0 Å². The molecule has 150 valence electrons. The Balaban J connectivity index is 1.85. The van der Waals surface area contributed by atoms with Crippen molar-refractivity contribution in [1.82, 2.24) is 14.4 Å². The number of fused-ring (bicyclic) bond motifs is 1. The summed E-state index contributed by atoms with van der Waals surface area (Å²) in [4.78, 5) is 10.1. The fraction of sp³-hybridized carbons (Fsp3) is 0.185. The van der Waals surface area contributed by atoms with Gasteiger partial charge in [-0.25, -0.2) is 9.97 Å². The maximum Gasteiger partial charge on any atom is 0.159 e. The highest BCUT2D eigenvalue weighted by molar-refractivity contribution is 5.62. The number of hydrogen-bond acceptors (Lipinski definition) is 2. The standard InChI is InChI=1S/C27H27N3/c1-4-5-12-20(2)17-24-21(3)30-19-26(23-15-10-7-11-16-23)28-25(27(30)29-24)18-22-13-8-6-9-14-22/h4-16,19H,17-18H2,1-3H3/b5-4-,20-12+. The van der Waals surface area contributed by atoms with E-state index in [9.17, 15) is 0 Å². The maximum atomic E-state index is 5.04. The molecule has 0 spiro atoms. The highest BCUT2D eigenvalue weighted by atomic mass is 15.0. The number of imidazole rings is 1. The van der Waals surface area contributed by atoms with Crippen LogP contribution < -0.4 is 0 Å². The summed E-state index contributed by atoms with van der Waals surface area (Å²) in [6.07, 6.45) is 10.00. The lowest BCUT2D eigenvalue weighted by Gasteiger charge is -2.09. The molecule has 4 aromatic rings. The van der Waals surface area contributed by atoms with Crippen molar-refractivity contribution >= 4 is 5.65 Å². The summed E-state index contributed by atoms with van der Waals surface area (Å²) in [5, 5.41) is 0. The van der Waals surface area contributed by atoms with Gasteiger partial charge in [-0.1, -0.05) is 84.5 Å². The minimum absolute atomic E-state index is 0.758. The predicted molar refractivity (Wildman–Crippen MR) is 125 cm³/mol. The molecule has 3 nitrogen and oxygen atoms in total. The van der Waals surface area contributed by atoms with E-state index in [2.05, 4.69) is 85.1 Å². The van der Waals surface area contributed by atoms with Crippen LogP contribution in [0.25, 0.3) is 16.9 Å². The third-order valence-electron chi connectivity index (χ3n) is 5.32. The molecule has 0 N–H and O–H groups in total. The Hall–Kier alpha value is -3.46. The van der Waals surface area contributed by atoms with Crippen LogP contribution in [0.2, 0.25) is 0 Å². The Morgan fingerprint density at radius 1 is 0.933 bits per heavy atom. The van der Waals surface area contributed by atoms with Crippen molar-refractivity contribution < 1.29 is 0 Å². The summed E-state index contributed by atoms with van der Waals surface area (Å²) in [5.41, 5.74) is 8.86. The highest BCUT2D eigenvalue weighted by Crippen LogP contribution is 2.24. The van der Waals surface area contributed by atoms with E-state index in [1.807, 2.05) is 25.1 Å². The second kappa shape index (κ2) is 8.91. The topological polar surface area (TPSA) is 30.2 Å². The lowest BCUT2D eigenvalue weighted by Crippen LogP contribution is -2.01. The third-order valence-corrected chi connectivity index (χ3v) is 5.32. The van der Waals surface area contributed by atoms with E-state index in [-0.39, 0.29) is 0 Å². The van der Waals surface area contributed by atoms with E-state index in [4.69, 9.17) is 9.97 Å². The molecule has 0 fully saturated rings. The largest absolute Gasteiger partial charge is 0.300 e. The molecule has 0 aliphatic heterocycles. The molecule has 0 amide bonds. The van der Waals surface area contributed by atoms with E-state index in [1.165, 1.54) is 16.8 Å². The normalized spacial score (nSPS) is 12.2. The summed E-state index contributed by atoms with van der Waals surface area (Å²) in [6.45, 7) is 6.34. The molecule has 0 saturated carbocycles. The molecule has 3 heteroatoms. The Bertz CT molecular complexity index is 1200. The van der Waals surface area contributed by atoms with Crippen molar-refractivity contribution in [3.05, 3.63) is 113 Å². The van der Waals surface area contributed by atoms with Gasteiger partial charge < -0.3 is 4.40 Å². The van der Waals surface area contributed by atoms with E-state index in [0.29, 0.717) is 0 Å². The molecule has 2 heterocycles. The number of aryl methyl sites for hydroxylation is 1. The third kappa shape index (κ3) is 4.25. The van der Waals surface area contributed by atoms with Crippen molar-refractivity contribution in [1.29, 1.82) is 0 Å². The van der Waals surface area contributed by atoms with Gasteiger partial charge in [-0.05, 0) is 26.3 Å². The van der Waals surface area contributed by atoms with Crippen molar-refractivity contribution in [3.8, 4) is 11.3 Å². The smallest absolute Gasteiger partial charge is 0.159 e. The van der Waals surface area contributed by atoms with Crippen LogP contribution in [0, 0.1) is 6.92 Å². The Morgan fingerprint density at radius 3 is 2.33 bits per heavy atom. The van der Waals surface area contributed by atoms with Crippen molar-refractivity contribution in [3.63, 3.8) is 0 Å². The minimum atomic E-state index is 0.758. The van der Waals surface area contributed by atoms with E-state index in [1.54, 1.807) is 0 Å². The van der Waals surface area contributed by atoms with E-state index < -0.39 is 0 Å². The molecule has 0 unspecified atom stereocenters. The number of benzene rings is 2. The number of allylic oxidation sites excluding steroid dienone is 4. The first-order valence-electron chi connectivity index (χ1n) is 10.4. The molecular weight excluding hydrogens is 366 g/mol. The van der Waals surface area contributed by atoms with Crippen LogP contribution in [-0.4, -0.2) is 14.4 Å². The molecule has 0 bridgehead atoms. The van der Waals surface area contributed by atoms with E-state index >= 15 is 0 Å². The SMILES string of the molecule is C/C=C\C=C(/C)Cc1nc2c(Cc3ccccc3)nc(-c3ccccc3)cn2c1C. The van der Waals surface area contributed by atoms with Crippen LogP contribution >= 0.6 is 0 Å².